The molecule has 1 aromatic carbocycles. The highest BCUT2D eigenvalue weighted by Gasteiger charge is 2.20. The lowest BCUT2D eigenvalue weighted by molar-refractivity contribution is 0.273. The molecule has 0 amide bonds. The first-order chi connectivity index (χ1) is 11.3. The van der Waals surface area contributed by atoms with E-state index < -0.39 is 0 Å². The van der Waals surface area contributed by atoms with Crippen molar-refractivity contribution in [2.45, 2.75) is 26.6 Å². The van der Waals surface area contributed by atoms with Crippen LogP contribution in [0, 0.1) is 6.92 Å². The molecule has 3 heterocycles. The highest BCUT2D eigenvalue weighted by molar-refractivity contribution is 5.64. The van der Waals surface area contributed by atoms with Gasteiger partial charge in [0.05, 0.1) is 5.69 Å². The largest absolute Gasteiger partial charge is 0.289 e. The lowest BCUT2D eigenvalue weighted by Gasteiger charge is -2.17. The topological polar surface area (TPSA) is 29.0 Å². The molecule has 1 aliphatic heterocycles. The molecule has 0 atom stereocenters. The minimum atomic E-state index is 0.946. The van der Waals surface area contributed by atoms with Crippen LogP contribution in [0.2, 0.25) is 0 Å². The van der Waals surface area contributed by atoms with Crippen LogP contribution < -0.4 is 0 Å². The number of pyridine rings is 2. The van der Waals surface area contributed by atoms with Crippen molar-refractivity contribution in [1.82, 2.24) is 14.9 Å². The predicted molar refractivity (Wildman–Crippen MR) is 91.6 cm³/mol. The van der Waals surface area contributed by atoms with Crippen molar-refractivity contribution < 1.29 is 0 Å². The highest BCUT2D eigenvalue weighted by Crippen LogP contribution is 2.26. The predicted octanol–water partition coefficient (Wildman–Crippen LogP) is 3.97. The van der Waals surface area contributed by atoms with Crippen LogP contribution in [0.3, 0.4) is 0 Å². The van der Waals surface area contributed by atoms with Crippen LogP contribution >= 0.6 is 0 Å². The Kier molecular flexibility index (Phi) is 3.64. The molecule has 2 aromatic heterocycles. The Morgan fingerprint density at radius 1 is 0.957 bits per heavy atom. The van der Waals surface area contributed by atoms with Gasteiger partial charge in [0.2, 0.25) is 0 Å². The molecule has 3 nitrogen and oxygen atoms in total. The van der Waals surface area contributed by atoms with Crippen LogP contribution in [-0.2, 0) is 19.6 Å². The van der Waals surface area contributed by atoms with Gasteiger partial charge >= 0.3 is 0 Å². The van der Waals surface area contributed by atoms with Crippen molar-refractivity contribution in [3.63, 3.8) is 0 Å². The number of hydrogen-bond acceptors (Lipinski definition) is 3. The first-order valence-corrected chi connectivity index (χ1v) is 7.94. The molecule has 0 radical (unpaired) electrons. The molecule has 0 N–H and O–H groups in total. The molecule has 0 aliphatic carbocycles. The Morgan fingerprint density at radius 2 is 1.83 bits per heavy atom. The maximum atomic E-state index is 4.48. The van der Waals surface area contributed by atoms with E-state index in [1.807, 2.05) is 24.7 Å². The molecule has 114 valence electrons. The number of aryl methyl sites for hydroxylation is 1. The van der Waals surface area contributed by atoms with Crippen molar-refractivity contribution in [3.8, 4) is 11.1 Å². The van der Waals surface area contributed by atoms with E-state index in [1.165, 1.54) is 33.5 Å². The maximum absolute atomic E-state index is 4.48. The smallest absolute Gasteiger partial charge is 0.0589 e. The molecule has 0 saturated carbocycles. The lowest BCUT2D eigenvalue weighted by atomic mass is 10.0. The van der Waals surface area contributed by atoms with Crippen LogP contribution in [0.5, 0.6) is 0 Å². The summed E-state index contributed by atoms with van der Waals surface area (Å²) < 4.78 is 0. The molecule has 0 unspecified atom stereocenters. The third kappa shape index (κ3) is 2.88. The molecule has 3 heteroatoms. The fourth-order valence-electron chi connectivity index (χ4n) is 3.22. The zero-order valence-corrected chi connectivity index (χ0v) is 13.2. The van der Waals surface area contributed by atoms with E-state index >= 15 is 0 Å². The molecule has 0 spiro atoms. The molecule has 3 aromatic rings. The normalized spacial score (nSPS) is 14.0. The molecule has 0 fully saturated rings. The summed E-state index contributed by atoms with van der Waals surface area (Å²) >= 11 is 0. The summed E-state index contributed by atoms with van der Waals surface area (Å²) in [7, 11) is 0. The van der Waals surface area contributed by atoms with E-state index in [1.54, 1.807) is 0 Å². The van der Waals surface area contributed by atoms with E-state index in [4.69, 9.17) is 0 Å². The van der Waals surface area contributed by atoms with E-state index in [0.29, 0.717) is 0 Å². The van der Waals surface area contributed by atoms with Crippen LogP contribution in [-0.4, -0.2) is 14.9 Å². The molecular weight excluding hydrogens is 282 g/mol. The van der Waals surface area contributed by atoms with Crippen LogP contribution in [0.15, 0.2) is 61.1 Å². The fraction of sp³-hybridized carbons (Fsp3) is 0.200. The Balaban J connectivity index is 1.53. The van der Waals surface area contributed by atoms with Gasteiger partial charge in [-0.1, -0.05) is 24.3 Å². The average Bonchev–Trinajstić information content (AvgIpc) is 3.00. The van der Waals surface area contributed by atoms with Crippen molar-refractivity contribution in [2.75, 3.05) is 0 Å². The summed E-state index contributed by atoms with van der Waals surface area (Å²) in [5.74, 6) is 0. The van der Waals surface area contributed by atoms with E-state index in [9.17, 15) is 0 Å². The zero-order valence-electron chi connectivity index (χ0n) is 13.2. The van der Waals surface area contributed by atoms with Crippen molar-refractivity contribution in [3.05, 3.63) is 83.4 Å². The highest BCUT2D eigenvalue weighted by atomic mass is 15.1. The second-order valence-corrected chi connectivity index (χ2v) is 6.13. The van der Waals surface area contributed by atoms with Gasteiger partial charge in [0.15, 0.2) is 0 Å². The first-order valence-electron chi connectivity index (χ1n) is 7.94. The van der Waals surface area contributed by atoms with Crippen LogP contribution in [0.1, 0.15) is 22.4 Å². The Morgan fingerprint density at radius 3 is 2.61 bits per heavy atom. The van der Waals surface area contributed by atoms with Gasteiger partial charge < -0.3 is 0 Å². The fourth-order valence-corrected chi connectivity index (χ4v) is 3.22. The molecule has 0 bridgehead atoms. The van der Waals surface area contributed by atoms with E-state index in [0.717, 1.165) is 19.6 Å². The second kappa shape index (κ2) is 5.94. The molecular formula is C20H19N3. The number of hydrogen-bond donors (Lipinski definition) is 0. The summed E-state index contributed by atoms with van der Waals surface area (Å²) in [6.07, 6.45) is 5.57. The summed E-state index contributed by atoms with van der Waals surface area (Å²) in [5.41, 5.74) is 7.77. The monoisotopic (exact) mass is 301 g/mol. The lowest BCUT2D eigenvalue weighted by Crippen LogP contribution is -2.16. The van der Waals surface area contributed by atoms with Gasteiger partial charge in [-0.2, -0.15) is 0 Å². The second-order valence-electron chi connectivity index (χ2n) is 6.13. The SMILES string of the molecule is Cc1cc(-c2ccncc2)ccc1CN1Cc2cccnc2C1. The number of rotatable bonds is 3. The summed E-state index contributed by atoms with van der Waals surface area (Å²) in [6.45, 7) is 5.11. The minimum absolute atomic E-state index is 0.946. The van der Waals surface area contributed by atoms with Gasteiger partial charge in [0.1, 0.15) is 0 Å². The molecule has 1 aliphatic rings. The van der Waals surface area contributed by atoms with Gasteiger partial charge in [0, 0.05) is 38.2 Å². The number of benzene rings is 1. The van der Waals surface area contributed by atoms with Crippen molar-refractivity contribution >= 4 is 0 Å². The number of nitrogens with zero attached hydrogens (tertiary/aromatic N) is 3. The van der Waals surface area contributed by atoms with Crippen molar-refractivity contribution in [1.29, 1.82) is 0 Å². The quantitative estimate of drug-likeness (QED) is 0.733. The summed E-state index contributed by atoms with van der Waals surface area (Å²) in [6, 6.07) is 15.0. The van der Waals surface area contributed by atoms with Gasteiger partial charge in [-0.15, -0.1) is 0 Å². The summed E-state index contributed by atoms with van der Waals surface area (Å²) in [5, 5.41) is 0. The van der Waals surface area contributed by atoms with Crippen LogP contribution in [0.25, 0.3) is 11.1 Å². The van der Waals surface area contributed by atoms with E-state index in [-0.39, 0.29) is 0 Å². The summed E-state index contributed by atoms with van der Waals surface area (Å²) in [4.78, 5) is 11.0. The third-order valence-corrected chi connectivity index (χ3v) is 4.50. The number of fused-ring (bicyclic) bond motifs is 1. The Labute approximate surface area is 136 Å². The van der Waals surface area contributed by atoms with Crippen LogP contribution in [0.4, 0.5) is 0 Å². The minimum Gasteiger partial charge on any atom is -0.289 e. The first kappa shape index (κ1) is 14.1. The Hall–Kier alpha value is -2.52. The molecule has 23 heavy (non-hydrogen) atoms. The molecule has 0 saturated heterocycles. The molecule has 4 rings (SSSR count). The van der Waals surface area contributed by atoms with E-state index in [2.05, 4.69) is 58.2 Å². The van der Waals surface area contributed by atoms with Gasteiger partial charge in [0.25, 0.3) is 0 Å². The maximum Gasteiger partial charge on any atom is 0.0589 e. The van der Waals surface area contributed by atoms with Gasteiger partial charge in [-0.3, -0.25) is 14.9 Å². The zero-order chi connectivity index (χ0) is 15.6. The van der Waals surface area contributed by atoms with Gasteiger partial charge in [-0.25, -0.2) is 0 Å². The average molecular weight is 301 g/mol. The Bertz CT molecular complexity index is 802. The van der Waals surface area contributed by atoms with Gasteiger partial charge in [-0.05, 0) is 52.9 Å². The third-order valence-electron chi connectivity index (χ3n) is 4.50. The number of aromatic nitrogens is 2. The standard InChI is InChI=1S/C20H19N3/c1-15-11-17(16-6-9-21-10-7-16)4-5-18(15)12-23-13-19-3-2-8-22-20(19)14-23/h2-11H,12-14H2,1H3. The van der Waals surface area contributed by atoms with Crippen molar-refractivity contribution in [2.24, 2.45) is 0 Å².